The minimum Gasteiger partial charge on any atom is -0.443 e. The van der Waals surface area contributed by atoms with Gasteiger partial charge in [0.2, 0.25) is 0 Å². The molecule has 0 N–H and O–H groups in total. The third kappa shape index (κ3) is 4.78. The molecular formula is C28H28F3N5O4. The zero-order valence-corrected chi connectivity index (χ0v) is 22.6. The highest BCUT2D eigenvalue weighted by molar-refractivity contribution is 5.96. The highest BCUT2D eigenvalue weighted by Crippen LogP contribution is 2.36. The number of halogens is 3. The van der Waals surface area contributed by atoms with E-state index in [1.165, 1.54) is 23.2 Å². The number of benzene rings is 1. The number of pyridine rings is 1. The van der Waals surface area contributed by atoms with Crippen molar-refractivity contribution >= 4 is 22.9 Å². The highest BCUT2D eigenvalue weighted by Gasteiger charge is 2.35. The Morgan fingerprint density at radius 2 is 1.77 bits per heavy atom. The molecule has 40 heavy (non-hydrogen) atoms. The van der Waals surface area contributed by atoms with Crippen molar-refractivity contribution in [2.24, 2.45) is 0 Å². The molecule has 0 radical (unpaired) electrons. The fourth-order valence-electron chi connectivity index (χ4n) is 4.94. The molecule has 5 rings (SSSR count). The number of ether oxygens (including phenoxy) is 1. The van der Waals surface area contributed by atoms with Gasteiger partial charge in [-0.05, 0) is 58.9 Å². The van der Waals surface area contributed by atoms with E-state index in [0.717, 1.165) is 22.4 Å². The third-order valence-corrected chi connectivity index (χ3v) is 6.86. The fraction of sp³-hybridized carbons (Fsp3) is 0.357. The molecule has 0 saturated carbocycles. The van der Waals surface area contributed by atoms with Gasteiger partial charge in [-0.25, -0.2) is 9.78 Å². The van der Waals surface area contributed by atoms with Gasteiger partial charge in [0, 0.05) is 36.4 Å². The van der Waals surface area contributed by atoms with Gasteiger partial charge >= 0.3 is 12.3 Å². The number of amides is 1. The topological polar surface area (TPSA) is 91.4 Å². The number of aromatic nitrogens is 4. The Morgan fingerprint density at radius 1 is 1.05 bits per heavy atom. The first-order valence-corrected chi connectivity index (χ1v) is 12.7. The van der Waals surface area contributed by atoms with Crippen molar-refractivity contribution in [3.8, 4) is 5.69 Å². The first-order chi connectivity index (χ1) is 18.7. The van der Waals surface area contributed by atoms with E-state index in [9.17, 15) is 27.6 Å². The SMILES string of the molecule is Cc1cn(-c2ccc3n(c2=O)CCN(C(C)c2cn(C(=O)OC(C)(C)C)c4cc(C(F)(F)F)ccc24)C3=O)cn1. The van der Waals surface area contributed by atoms with E-state index in [0.29, 0.717) is 16.6 Å². The second-order valence-corrected chi connectivity index (χ2v) is 10.8. The number of hydrogen-bond acceptors (Lipinski definition) is 5. The van der Waals surface area contributed by atoms with Crippen LogP contribution in [0.1, 0.15) is 61.0 Å². The van der Waals surface area contributed by atoms with Crippen LogP contribution in [0.3, 0.4) is 0 Å². The largest absolute Gasteiger partial charge is 0.443 e. The highest BCUT2D eigenvalue weighted by atomic mass is 19.4. The van der Waals surface area contributed by atoms with Crippen LogP contribution in [0.15, 0.2) is 53.8 Å². The van der Waals surface area contributed by atoms with E-state index in [1.807, 2.05) is 0 Å². The number of nitrogens with zero attached hydrogens (tertiary/aromatic N) is 5. The van der Waals surface area contributed by atoms with Gasteiger partial charge in [-0.15, -0.1) is 0 Å². The number of hydrogen-bond donors (Lipinski definition) is 0. The van der Waals surface area contributed by atoms with Crippen LogP contribution in [0.4, 0.5) is 18.0 Å². The fourth-order valence-corrected chi connectivity index (χ4v) is 4.94. The minimum atomic E-state index is -4.61. The lowest BCUT2D eigenvalue weighted by Gasteiger charge is -2.34. The van der Waals surface area contributed by atoms with Gasteiger partial charge in [-0.3, -0.25) is 14.2 Å². The lowest BCUT2D eigenvalue weighted by Crippen LogP contribution is -2.45. The van der Waals surface area contributed by atoms with E-state index >= 15 is 0 Å². The summed E-state index contributed by atoms with van der Waals surface area (Å²) in [5.74, 6) is -0.408. The van der Waals surface area contributed by atoms with Crippen LogP contribution in [0.2, 0.25) is 0 Å². The zero-order chi connectivity index (χ0) is 29.1. The molecule has 4 heterocycles. The average Bonchev–Trinajstić information content (AvgIpc) is 3.46. The normalized spacial score (nSPS) is 14.9. The molecule has 210 valence electrons. The summed E-state index contributed by atoms with van der Waals surface area (Å²) in [6.45, 7) is 8.91. The predicted molar refractivity (Wildman–Crippen MR) is 141 cm³/mol. The van der Waals surface area contributed by atoms with Crippen molar-refractivity contribution in [2.45, 2.75) is 59.0 Å². The molecule has 4 aromatic rings. The molecule has 0 saturated heterocycles. The maximum absolute atomic E-state index is 13.6. The van der Waals surface area contributed by atoms with Crippen LogP contribution in [0, 0.1) is 6.92 Å². The number of carbonyl (C=O) groups is 2. The van der Waals surface area contributed by atoms with Crippen LogP contribution < -0.4 is 5.56 Å². The van der Waals surface area contributed by atoms with Crippen LogP contribution in [0.5, 0.6) is 0 Å². The lowest BCUT2D eigenvalue weighted by molar-refractivity contribution is -0.137. The summed E-state index contributed by atoms with van der Waals surface area (Å²) in [5.41, 5.74) is -0.332. The quantitative estimate of drug-likeness (QED) is 0.342. The molecule has 1 unspecified atom stereocenters. The van der Waals surface area contributed by atoms with Crippen molar-refractivity contribution in [3.63, 3.8) is 0 Å². The van der Waals surface area contributed by atoms with Gasteiger partial charge in [0.1, 0.15) is 17.0 Å². The standard InChI is InChI=1S/C28H28F3N5O4/c1-16-13-33(15-32-16)21-8-9-22-25(38)34(10-11-35(22)24(21)37)17(2)20-14-36(26(39)40-27(3,4)5)23-12-18(28(29,30)31)6-7-19(20)23/h6-9,12-15,17H,10-11H2,1-5H3. The Labute approximate surface area is 227 Å². The first kappa shape index (κ1) is 27.2. The molecule has 1 aliphatic heterocycles. The summed E-state index contributed by atoms with van der Waals surface area (Å²) < 4.78 is 50.1. The second-order valence-electron chi connectivity index (χ2n) is 10.8. The number of aryl methyl sites for hydroxylation is 1. The Hall–Kier alpha value is -4.35. The summed E-state index contributed by atoms with van der Waals surface area (Å²) in [6, 6.07) is 5.67. The summed E-state index contributed by atoms with van der Waals surface area (Å²) in [4.78, 5) is 45.5. The van der Waals surface area contributed by atoms with E-state index < -0.39 is 35.4 Å². The Bertz CT molecular complexity index is 1710. The first-order valence-electron chi connectivity index (χ1n) is 12.7. The van der Waals surface area contributed by atoms with E-state index in [-0.39, 0.29) is 29.9 Å². The summed E-state index contributed by atoms with van der Waals surface area (Å²) in [5, 5.41) is 0.382. The van der Waals surface area contributed by atoms with Crippen molar-refractivity contribution in [1.82, 2.24) is 23.6 Å². The minimum absolute atomic E-state index is 0.0206. The average molecular weight is 556 g/mol. The van der Waals surface area contributed by atoms with Gasteiger partial charge < -0.3 is 18.8 Å². The van der Waals surface area contributed by atoms with Crippen molar-refractivity contribution in [3.05, 3.63) is 81.9 Å². The van der Waals surface area contributed by atoms with E-state index in [2.05, 4.69) is 4.98 Å². The molecule has 0 fully saturated rings. The maximum Gasteiger partial charge on any atom is 0.419 e. The van der Waals surface area contributed by atoms with Gasteiger partial charge in [0.15, 0.2) is 0 Å². The Morgan fingerprint density at radius 3 is 2.40 bits per heavy atom. The smallest absolute Gasteiger partial charge is 0.419 e. The van der Waals surface area contributed by atoms with Crippen molar-refractivity contribution in [1.29, 1.82) is 0 Å². The van der Waals surface area contributed by atoms with Crippen molar-refractivity contribution in [2.75, 3.05) is 6.54 Å². The van der Waals surface area contributed by atoms with Gasteiger partial charge in [0.05, 0.1) is 29.1 Å². The summed E-state index contributed by atoms with van der Waals surface area (Å²) in [7, 11) is 0. The molecule has 0 aliphatic carbocycles. The molecule has 0 spiro atoms. The number of imidazole rings is 1. The number of alkyl halides is 3. The molecule has 12 heteroatoms. The molecule has 0 bridgehead atoms. The van der Waals surface area contributed by atoms with Crippen LogP contribution in [-0.4, -0.2) is 47.7 Å². The maximum atomic E-state index is 13.6. The monoisotopic (exact) mass is 555 g/mol. The van der Waals surface area contributed by atoms with E-state index in [1.54, 1.807) is 62.4 Å². The second kappa shape index (κ2) is 9.39. The molecule has 1 aliphatic rings. The zero-order valence-electron chi connectivity index (χ0n) is 22.6. The van der Waals surface area contributed by atoms with Crippen LogP contribution >= 0.6 is 0 Å². The van der Waals surface area contributed by atoms with Gasteiger partial charge in [-0.1, -0.05) is 6.07 Å². The van der Waals surface area contributed by atoms with Gasteiger partial charge in [0.25, 0.3) is 11.5 Å². The Balaban J connectivity index is 1.54. The van der Waals surface area contributed by atoms with Gasteiger partial charge in [-0.2, -0.15) is 13.2 Å². The molecule has 9 nitrogen and oxygen atoms in total. The summed E-state index contributed by atoms with van der Waals surface area (Å²) >= 11 is 0. The van der Waals surface area contributed by atoms with Crippen LogP contribution in [-0.2, 0) is 17.5 Å². The lowest BCUT2D eigenvalue weighted by atomic mass is 10.0. The molecular weight excluding hydrogens is 527 g/mol. The molecule has 1 amide bonds. The summed E-state index contributed by atoms with van der Waals surface area (Å²) in [6.07, 6.45) is -0.782. The third-order valence-electron chi connectivity index (χ3n) is 6.86. The number of rotatable bonds is 3. The number of carbonyl (C=O) groups excluding carboxylic acids is 2. The number of fused-ring (bicyclic) bond motifs is 2. The molecule has 1 atom stereocenters. The molecule has 1 aromatic carbocycles. The van der Waals surface area contributed by atoms with Crippen LogP contribution in [0.25, 0.3) is 16.6 Å². The molecule has 3 aromatic heterocycles. The predicted octanol–water partition coefficient (Wildman–Crippen LogP) is 5.32. The van der Waals surface area contributed by atoms with Crippen molar-refractivity contribution < 1.29 is 27.5 Å². The Kier molecular flexibility index (Phi) is 6.39. The van der Waals surface area contributed by atoms with E-state index in [4.69, 9.17) is 4.74 Å².